The molecule has 0 atom stereocenters. The summed E-state index contributed by atoms with van der Waals surface area (Å²) in [4.78, 5) is 0. The van der Waals surface area contributed by atoms with Gasteiger partial charge in [0.1, 0.15) is 5.84 Å². The first-order valence-electron chi connectivity index (χ1n) is 2.89. The maximum absolute atomic E-state index is 6.79. The van der Waals surface area contributed by atoms with Crippen LogP contribution in [0.15, 0.2) is 24.8 Å². The van der Waals surface area contributed by atoms with Gasteiger partial charge in [0.05, 0.1) is 0 Å². The molecule has 0 bridgehead atoms. The minimum absolute atomic E-state index is 0.110. The van der Waals surface area contributed by atoms with E-state index in [9.17, 15) is 0 Å². The van der Waals surface area contributed by atoms with Crippen molar-refractivity contribution in [3.05, 3.63) is 24.8 Å². The Morgan fingerprint density at radius 3 is 2.67 bits per heavy atom. The average molecular weight is 124 g/mol. The normalized spacial score (nSPS) is 9.78. The van der Waals surface area contributed by atoms with E-state index in [1.807, 2.05) is 12.2 Å². The Bertz CT molecular complexity index is 125. The molecule has 0 radical (unpaired) electrons. The van der Waals surface area contributed by atoms with E-state index in [2.05, 4.69) is 6.58 Å². The van der Waals surface area contributed by atoms with Gasteiger partial charge in [0.2, 0.25) is 0 Å². The number of unbranched alkanes of at least 4 members (excludes halogenated alkanes) is 1. The standard InChI is InChI=1S/C7H12N2/c1-2-3-4-5-6-7(8)9/h2,5-6H,1,3-4H2,(H3,8,9)/b6-5+. The molecule has 0 fully saturated rings. The minimum Gasteiger partial charge on any atom is -0.384 e. The largest absolute Gasteiger partial charge is 0.384 e. The highest BCUT2D eigenvalue weighted by Gasteiger charge is 1.75. The summed E-state index contributed by atoms with van der Waals surface area (Å²) in [6.45, 7) is 3.56. The molecule has 0 heterocycles. The Labute approximate surface area is 55.6 Å². The molecular weight excluding hydrogens is 112 g/mol. The minimum atomic E-state index is 0.110. The third-order valence-electron chi connectivity index (χ3n) is 0.835. The van der Waals surface area contributed by atoms with E-state index < -0.39 is 0 Å². The molecule has 0 amide bonds. The molecule has 0 aromatic heterocycles. The Kier molecular flexibility index (Phi) is 4.50. The smallest absolute Gasteiger partial charge is 0.114 e. The molecule has 0 aliphatic carbocycles. The van der Waals surface area contributed by atoms with Gasteiger partial charge in [0.15, 0.2) is 0 Å². The lowest BCUT2D eigenvalue weighted by Gasteiger charge is -1.84. The summed E-state index contributed by atoms with van der Waals surface area (Å²) in [6.07, 6.45) is 7.16. The van der Waals surface area contributed by atoms with Crippen LogP contribution in [0.4, 0.5) is 0 Å². The van der Waals surface area contributed by atoms with Crippen LogP contribution in [-0.2, 0) is 0 Å². The van der Waals surface area contributed by atoms with E-state index >= 15 is 0 Å². The van der Waals surface area contributed by atoms with Crippen LogP contribution in [0.1, 0.15) is 12.8 Å². The molecule has 0 saturated carbocycles. The molecule has 3 N–H and O–H groups in total. The Morgan fingerprint density at radius 1 is 1.56 bits per heavy atom. The summed E-state index contributed by atoms with van der Waals surface area (Å²) in [5.41, 5.74) is 5.05. The van der Waals surface area contributed by atoms with E-state index in [1.54, 1.807) is 6.08 Å². The van der Waals surface area contributed by atoms with Crippen molar-refractivity contribution in [3.8, 4) is 0 Å². The lowest BCUT2D eigenvalue weighted by atomic mass is 10.3. The monoisotopic (exact) mass is 124 g/mol. The molecule has 0 aromatic rings. The number of nitrogens with one attached hydrogen (secondary N) is 1. The summed E-state index contributed by atoms with van der Waals surface area (Å²) in [6, 6.07) is 0. The molecule has 0 aromatic carbocycles. The molecule has 2 heteroatoms. The SMILES string of the molecule is C=CCC/C=C/C(=N)N. The molecule has 9 heavy (non-hydrogen) atoms. The molecule has 2 nitrogen and oxygen atoms in total. The van der Waals surface area contributed by atoms with Gasteiger partial charge in [-0.05, 0) is 18.9 Å². The topological polar surface area (TPSA) is 49.9 Å². The lowest BCUT2D eigenvalue weighted by molar-refractivity contribution is 1.06. The molecule has 0 spiro atoms. The molecular formula is C7H12N2. The number of hydrogen-bond donors (Lipinski definition) is 2. The van der Waals surface area contributed by atoms with Crippen LogP contribution in [0.3, 0.4) is 0 Å². The second-order valence-electron chi connectivity index (χ2n) is 1.72. The first-order chi connectivity index (χ1) is 4.27. The highest BCUT2D eigenvalue weighted by atomic mass is 14.7. The first kappa shape index (κ1) is 7.95. The summed E-state index contributed by atoms with van der Waals surface area (Å²) in [7, 11) is 0. The van der Waals surface area contributed by atoms with Crippen molar-refractivity contribution in [2.45, 2.75) is 12.8 Å². The van der Waals surface area contributed by atoms with Crippen LogP contribution in [0, 0.1) is 5.41 Å². The average Bonchev–Trinajstić information content (AvgIpc) is 1.80. The van der Waals surface area contributed by atoms with Crippen molar-refractivity contribution in [1.82, 2.24) is 0 Å². The maximum atomic E-state index is 6.79. The second kappa shape index (κ2) is 5.09. The fourth-order valence-electron chi connectivity index (χ4n) is 0.424. The molecule has 0 aliphatic rings. The molecule has 0 rings (SSSR count). The highest BCUT2D eigenvalue weighted by molar-refractivity contribution is 5.88. The predicted octanol–water partition coefficient (Wildman–Crippen LogP) is 1.44. The van der Waals surface area contributed by atoms with E-state index in [1.165, 1.54) is 0 Å². The number of nitrogens with two attached hydrogens (primary N) is 1. The van der Waals surface area contributed by atoms with Crippen molar-refractivity contribution in [1.29, 1.82) is 5.41 Å². The van der Waals surface area contributed by atoms with Gasteiger partial charge >= 0.3 is 0 Å². The van der Waals surface area contributed by atoms with Crippen molar-refractivity contribution in [3.63, 3.8) is 0 Å². The first-order valence-corrected chi connectivity index (χ1v) is 2.89. The van der Waals surface area contributed by atoms with Gasteiger partial charge in [0, 0.05) is 0 Å². The van der Waals surface area contributed by atoms with Crippen LogP contribution >= 0.6 is 0 Å². The zero-order chi connectivity index (χ0) is 7.11. The van der Waals surface area contributed by atoms with Crippen molar-refractivity contribution in [2.24, 2.45) is 5.73 Å². The van der Waals surface area contributed by atoms with E-state index in [-0.39, 0.29) is 5.84 Å². The van der Waals surface area contributed by atoms with Gasteiger partial charge in [-0.3, -0.25) is 5.41 Å². The Morgan fingerprint density at radius 2 is 2.22 bits per heavy atom. The van der Waals surface area contributed by atoms with Crippen LogP contribution in [0.2, 0.25) is 0 Å². The van der Waals surface area contributed by atoms with Gasteiger partial charge in [-0.25, -0.2) is 0 Å². The molecule has 50 valence electrons. The third kappa shape index (κ3) is 6.95. The Hall–Kier alpha value is -1.05. The summed E-state index contributed by atoms with van der Waals surface area (Å²) in [5, 5.41) is 6.79. The Balaban J connectivity index is 3.24. The van der Waals surface area contributed by atoms with Crippen LogP contribution in [0.25, 0.3) is 0 Å². The van der Waals surface area contributed by atoms with E-state index in [0.717, 1.165) is 12.8 Å². The van der Waals surface area contributed by atoms with Gasteiger partial charge in [-0.1, -0.05) is 12.2 Å². The van der Waals surface area contributed by atoms with E-state index in [0.29, 0.717) is 0 Å². The predicted molar refractivity (Wildman–Crippen MR) is 40.5 cm³/mol. The molecule has 0 aliphatic heterocycles. The van der Waals surface area contributed by atoms with Gasteiger partial charge < -0.3 is 5.73 Å². The molecule has 0 saturated heterocycles. The summed E-state index contributed by atoms with van der Waals surface area (Å²) in [5.74, 6) is 0.110. The zero-order valence-corrected chi connectivity index (χ0v) is 5.43. The number of rotatable bonds is 4. The fourth-order valence-corrected chi connectivity index (χ4v) is 0.424. The summed E-state index contributed by atoms with van der Waals surface area (Å²) >= 11 is 0. The van der Waals surface area contributed by atoms with Crippen molar-refractivity contribution in [2.75, 3.05) is 0 Å². The van der Waals surface area contributed by atoms with Gasteiger partial charge in [-0.15, -0.1) is 6.58 Å². The van der Waals surface area contributed by atoms with Gasteiger partial charge in [-0.2, -0.15) is 0 Å². The zero-order valence-electron chi connectivity index (χ0n) is 5.43. The quantitative estimate of drug-likeness (QED) is 0.253. The third-order valence-corrected chi connectivity index (χ3v) is 0.835. The van der Waals surface area contributed by atoms with E-state index in [4.69, 9.17) is 11.1 Å². The number of amidine groups is 1. The lowest BCUT2D eigenvalue weighted by Crippen LogP contribution is -2.03. The maximum Gasteiger partial charge on any atom is 0.114 e. The van der Waals surface area contributed by atoms with Crippen molar-refractivity contribution >= 4 is 5.84 Å². The molecule has 0 unspecified atom stereocenters. The number of allylic oxidation sites excluding steroid dienone is 2. The highest BCUT2D eigenvalue weighted by Crippen LogP contribution is 1.89. The van der Waals surface area contributed by atoms with Crippen LogP contribution in [0.5, 0.6) is 0 Å². The van der Waals surface area contributed by atoms with Crippen LogP contribution in [-0.4, -0.2) is 5.84 Å². The van der Waals surface area contributed by atoms with Crippen LogP contribution < -0.4 is 5.73 Å². The fraction of sp³-hybridized carbons (Fsp3) is 0.286. The second-order valence-corrected chi connectivity index (χ2v) is 1.72. The van der Waals surface area contributed by atoms with Gasteiger partial charge in [0.25, 0.3) is 0 Å². The summed E-state index contributed by atoms with van der Waals surface area (Å²) < 4.78 is 0. The van der Waals surface area contributed by atoms with Crippen molar-refractivity contribution < 1.29 is 0 Å². The number of hydrogen-bond acceptors (Lipinski definition) is 1.